The van der Waals surface area contributed by atoms with Crippen LogP contribution in [-0.2, 0) is 0 Å². The molecule has 0 unspecified atom stereocenters. The fraction of sp³-hybridized carbons (Fsp3) is 0.167. The lowest BCUT2D eigenvalue weighted by molar-refractivity contribution is 1.61. The van der Waals surface area contributed by atoms with Crippen molar-refractivity contribution in [2.24, 2.45) is 0 Å². The van der Waals surface area contributed by atoms with E-state index in [1.165, 1.54) is 15.9 Å². The largest absolute Gasteiger partial charge is 0.0874 e. The van der Waals surface area contributed by atoms with E-state index in [2.05, 4.69) is 56.3 Å². The molecule has 1 aromatic heterocycles. The van der Waals surface area contributed by atoms with Crippen LogP contribution in [0.2, 0.25) is 0 Å². The Kier molecular flexibility index (Phi) is 2.24. The average Bonchev–Trinajstić information content (AvgIpc) is 2.48. The van der Waals surface area contributed by atoms with Gasteiger partial charge in [-0.3, -0.25) is 0 Å². The van der Waals surface area contributed by atoms with E-state index in [4.69, 9.17) is 0 Å². The quantitative estimate of drug-likeness (QED) is 0.626. The molecular formula is C12H13P. The van der Waals surface area contributed by atoms with Gasteiger partial charge in [-0.2, -0.15) is 0 Å². The fourth-order valence-electron chi connectivity index (χ4n) is 1.65. The highest BCUT2D eigenvalue weighted by atomic mass is 31.1. The molecule has 0 aliphatic carbocycles. The third-order valence-corrected chi connectivity index (χ3v) is 4.81. The first-order valence-corrected chi connectivity index (χ1v) is 5.83. The van der Waals surface area contributed by atoms with Crippen LogP contribution < -0.4 is 0 Å². The van der Waals surface area contributed by atoms with E-state index in [0.717, 1.165) is 0 Å². The molecular weight excluding hydrogens is 175 g/mol. The van der Waals surface area contributed by atoms with Gasteiger partial charge in [0.25, 0.3) is 0 Å². The van der Waals surface area contributed by atoms with Crippen LogP contribution in [0.4, 0.5) is 0 Å². The van der Waals surface area contributed by atoms with Gasteiger partial charge in [-0.25, -0.2) is 0 Å². The number of aryl methyl sites for hydroxylation is 2. The van der Waals surface area contributed by atoms with E-state index in [0.29, 0.717) is 0 Å². The van der Waals surface area contributed by atoms with Gasteiger partial charge >= 0.3 is 0 Å². The highest BCUT2D eigenvalue weighted by molar-refractivity contribution is 7.58. The van der Waals surface area contributed by atoms with Gasteiger partial charge in [0.15, 0.2) is 0 Å². The molecule has 0 fully saturated rings. The lowest BCUT2D eigenvalue weighted by atomic mass is 10.4. The Morgan fingerprint density at radius 3 is 1.85 bits per heavy atom. The molecule has 0 radical (unpaired) electrons. The molecule has 1 heterocycles. The Morgan fingerprint density at radius 1 is 0.769 bits per heavy atom. The molecule has 0 aliphatic rings. The minimum Gasteiger partial charge on any atom is -0.0874 e. The molecule has 2 aromatic rings. The van der Waals surface area contributed by atoms with E-state index < -0.39 is 0 Å². The summed E-state index contributed by atoms with van der Waals surface area (Å²) in [5, 5.41) is 4.50. The number of rotatable bonds is 1. The van der Waals surface area contributed by atoms with Crippen LogP contribution in [0, 0.1) is 13.8 Å². The molecule has 0 spiro atoms. The van der Waals surface area contributed by atoms with Crippen molar-refractivity contribution in [3.63, 3.8) is 0 Å². The van der Waals surface area contributed by atoms with Crippen molar-refractivity contribution in [3.05, 3.63) is 53.1 Å². The van der Waals surface area contributed by atoms with E-state index in [9.17, 15) is 0 Å². The number of hydrogen-bond acceptors (Lipinski definition) is 0. The Hall–Kier alpha value is -1.00. The molecule has 0 nitrogen and oxygen atoms in total. The monoisotopic (exact) mass is 188 g/mol. The second-order valence-corrected chi connectivity index (χ2v) is 5.89. The topological polar surface area (TPSA) is 0 Å². The summed E-state index contributed by atoms with van der Waals surface area (Å²) in [5.74, 6) is 0. The molecule has 1 aromatic carbocycles. The predicted octanol–water partition coefficient (Wildman–Crippen LogP) is 4.28. The van der Waals surface area contributed by atoms with Gasteiger partial charge in [0.1, 0.15) is 0 Å². The van der Waals surface area contributed by atoms with Crippen molar-refractivity contribution < 1.29 is 0 Å². The van der Waals surface area contributed by atoms with Crippen molar-refractivity contribution in [2.75, 3.05) is 0 Å². The molecule has 66 valence electrons. The van der Waals surface area contributed by atoms with Crippen LogP contribution in [-0.4, -0.2) is 0 Å². The van der Waals surface area contributed by atoms with Gasteiger partial charge < -0.3 is 0 Å². The van der Waals surface area contributed by atoms with E-state index in [1.54, 1.807) is 0 Å². The molecule has 2 rings (SSSR count). The molecule has 0 aliphatic heterocycles. The van der Waals surface area contributed by atoms with E-state index in [-0.39, 0.29) is 7.53 Å². The standard InChI is InChI=1S/C12H13P/c1-10-8-9-11(2)13(10)12-6-4-3-5-7-12/h3-9H,1-2H3. The summed E-state index contributed by atoms with van der Waals surface area (Å²) in [7, 11) is -0.140. The van der Waals surface area contributed by atoms with E-state index >= 15 is 0 Å². The minimum atomic E-state index is -0.140. The highest BCUT2D eigenvalue weighted by Gasteiger charge is 2.03. The fourth-order valence-corrected chi connectivity index (χ4v) is 3.94. The number of hydrogen-bond donors (Lipinski definition) is 0. The molecule has 0 atom stereocenters. The second kappa shape index (κ2) is 3.40. The Morgan fingerprint density at radius 2 is 1.31 bits per heavy atom. The third-order valence-electron chi connectivity index (χ3n) is 2.29. The molecule has 0 saturated carbocycles. The van der Waals surface area contributed by atoms with Crippen molar-refractivity contribution in [2.45, 2.75) is 13.8 Å². The van der Waals surface area contributed by atoms with Gasteiger partial charge in [-0.05, 0) is 29.7 Å². The van der Waals surface area contributed by atoms with Crippen LogP contribution in [0.1, 0.15) is 10.6 Å². The Bertz CT molecular complexity index is 379. The zero-order valence-corrected chi connectivity index (χ0v) is 8.88. The first-order valence-electron chi connectivity index (χ1n) is 4.49. The first-order chi connectivity index (χ1) is 6.29. The minimum absolute atomic E-state index is 0.140. The van der Waals surface area contributed by atoms with Crippen molar-refractivity contribution >= 4 is 7.53 Å². The summed E-state index contributed by atoms with van der Waals surface area (Å²) in [6.45, 7) is 4.46. The highest BCUT2D eigenvalue weighted by Crippen LogP contribution is 2.46. The van der Waals surface area contributed by atoms with Crippen LogP contribution in [0.25, 0.3) is 5.30 Å². The zero-order chi connectivity index (χ0) is 9.26. The maximum atomic E-state index is 2.24. The summed E-state index contributed by atoms with van der Waals surface area (Å²) in [6.07, 6.45) is 0. The number of benzene rings is 1. The van der Waals surface area contributed by atoms with Crippen LogP contribution in [0.15, 0.2) is 42.5 Å². The normalized spacial score (nSPS) is 10.3. The average molecular weight is 188 g/mol. The Labute approximate surface area is 80.3 Å². The molecule has 13 heavy (non-hydrogen) atoms. The first kappa shape index (κ1) is 8.59. The van der Waals surface area contributed by atoms with Crippen molar-refractivity contribution in [1.82, 2.24) is 0 Å². The van der Waals surface area contributed by atoms with Crippen LogP contribution in [0.3, 0.4) is 0 Å². The molecule has 0 amide bonds. The summed E-state index contributed by atoms with van der Waals surface area (Å²) in [6, 6.07) is 15.3. The predicted molar refractivity (Wildman–Crippen MR) is 60.0 cm³/mol. The van der Waals surface area contributed by atoms with Crippen LogP contribution in [0.5, 0.6) is 0 Å². The van der Waals surface area contributed by atoms with Crippen molar-refractivity contribution in [1.29, 1.82) is 0 Å². The second-order valence-electron chi connectivity index (χ2n) is 3.29. The lowest BCUT2D eigenvalue weighted by Gasteiger charge is -2.03. The SMILES string of the molecule is Cc1ccc(C)p1-c1ccccc1. The summed E-state index contributed by atoms with van der Waals surface area (Å²) < 4.78 is 0. The van der Waals surface area contributed by atoms with Gasteiger partial charge in [0.05, 0.1) is 0 Å². The zero-order valence-electron chi connectivity index (χ0n) is 7.99. The van der Waals surface area contributed by atoms with E-state index in [1.807, 2.05) is 0 Å². The van der Waals surface area contributed by atoms with Gasteiger partial charge in [0.2, 0.25) is 0 Å². The van der Waals surface area contributed by atoms with Gasteiger partial charge in [-0.1, -0.05) is 50.0 Å². The Balaban J connectivity index is 2.59. The maximum absolute atomic E-state index is 2.24. The van der Waals surface area contributed by atoms with Crippen LogP contribution >= 0.6 is 7.53 Å². The molecule has 1 heteroatoms. The lowest BCUT2D eigenvalue weighted by Crippen LogP contribution is -1.67. The van der Waals surface area contributed by atoms with Gasteiger partial charge in [-0.15, -0.1) is 0 Å². The van der Waals surface area contributed by atoms with Gasteiger partial charge in [0, 0.05) is 0 Å². The summed E-state index contributed by atoms with van der Waals surface area (Å²) >= 11 is 0. The maximum Gasteiger partial charge on any atom is -0.00170 e. The smallest absolute Gasteiger partial charge is 0.00170 e. The molecule has 0 bridgehead atoms. The van der Waals surface area contributed by atoms with Crippen molar-refractivity contribution in [3.8, 4) is 5.30 Å². The summed E-state index contributed by atoms with van der Waals surface area (Å²) in [4.78, 5) is 0. The molecule has 0 N–H and O–H groups in total. The third kappa shape index (κ3) is 1.55. The summed E-state index contributed by atoms with van der Waals surface area (Å²) in [5.41, 5.74) is 0. The molecule has 0 saturated heterocycles.